The van der Waals surface area contributed by atoms with Crippen LogP contribution in [-0.2, 0) is 20.7 Å². The van der Waals surface area contributed by atoms with Crippen molar-refractivity contribution in [3.63, 3.8) is 0 Å². The van der Waals surface area contributed by atoms with E-state index in [0.29, 0.717) is 11.3 Å². The summed E-state index contributed by atoms with van der Waals surface area (Å²) < 4.78 is 15.6. The van der Waals surface area contributed by atoms with E-state index in [1.807, 2.05) is 12.1 Å². The molecular weight excluding hydrogens is 394 g/mol. The minimum absolute atomic E-state index is 0.153. The summed E-state index contributed by atoms with van der Waals surface area (Å²) in [4.78, 5) is 37.1. The van der Waals surface area contributed by atoms with E-state index in [9.17, 15) is 14.4 Å². The molecule has 0 saturated heterocycles. The summed E-state index contributed by atoms with van der Waals surface area (Å²) >= 11 is 0.980. The summed E-state index contributed by atoms with van der Waals surface area (Å²) in [6.07, 6.45) is 0.915. The average Bonchev–Trinajstić information content (AvgIpc) is 3.03. The van der Waals surface area contributed by atoms with Gasteiger partial charge in [-0.05, 0) is 50.5 Å². The van der Waals surface area contributed by atoms with E-state index in [2.05, 4.69) is 12.2 Å². The number of hydrogen-bond donors (Lipinski definition) is 1. The van der Waals surface area contributed by atoms with Crippen molar-refractivity contribution in [1.29, 1.82) is 0 Å². The summed E-state index contributed by atoms with van der Waals surface area (Å²) in [6.45, 7) is 7.19. The molecule has 0 aliphatic heterocycles. The fourth-order valence-electron chi connectivity index (χ4n) is 2.57. The Kier molecular flexibility index (Phi) is 8.21. The molecule has 1 amide bonds. The molecule has 1 N–H and O–H groups in total. The van der Waals surface area contributed by atoms with Crippen molar-refractivity contribution in [2.75, 3.05) is 25.1 Å². The first-order valence-corrected chi connectivity index (χ1v) is 10.2. The van der Waals surface area contributed by atoms with Crippen LogP contribution in [0.15, 0.2) is 24.3 Å². The van der Waals surface area contributed by atoms with Crippen LogP contribution < -0.4 is 10.1 Å². The zero-order chi connectivity index (χ0) is 21.4. The van der Waals surface area contributed by atoms with Crippen LogP contribution in [0.25, 0.3) is 0 Å². The Morgan fingerprint density at radius 3 is 2.17 bits per heavy atom. The molecule has 0 aliphatic rings. The SMILES string of the molecule is CCOC(=O)c1sc(NC(=O)COc2ccc(CC)cc2)c(C(=O)OCC)c1C. The molecular formula is C21H25NO6S. The molecule has 2 rings (SSSR count). The van der Waals surface area contributed by atoms with Gasteiger partial charge >= 0.3 is 11.9 Å². The number of aryl methyl sites for hydroxylation is 1. The maximum absolute atomic E-state index is 12.4. The van der Waals surface area contributed by atoms with E-state index < -0.39 is 17.8 Å². The number of thiophene rings is 1. The van der Waals surface area contributed by atoms with Crippen LogP contribution in [0, 0.1) is 6.92 Å². The lowest BCUT2D eigenvalue weighted by atomic mass is 10.1. The second-order valence-corrected chi connectivity index (χ2v) is 7.06. The van der Waals surface area contributed by atoms with Gasteiger partial charge in [0, 0.05) is 0 Å². The lowest BCUT2D eigenvalue weighted by Crippen LogP contribution is -2.21. The second kappa shape index (κ2) is 10.6. The molecule has 29 heavy (non-hydrogen) atoms. The van der Waals surface area contributed by atoms with Gasteiger partial charge in [0.1, 0.15) is 15.6 Å². The highest BCUT2D eigenvalue weighted by Crippen LogP contribution is 2.34. The van der Waals surface area contributed by atoms with Crippen molar-refractivity contribution in [1.82, 2.24) is 0 Å². The quantitative estimate of drug-likeness (QED) is 0.618. The van der Waals surface area contributed by atoms with Crippen LogP contribution in [0.4, 0.5) is 5.00 Å². The van der Waals surface area contributed by atoms with E-state index in [4.69, 9.17) is 14.2 Å². The first-order chi connectivity index (χ1) is 13.9. The van der Waals surface area contributed by atoms with Crippen molar-refractivity contribution in [3.05, 3.63) is 45.8 Å². The van der Waals surface area contributed by atoms with Gasteiger partial charge in [-0.15, -0.1) is 11.3 Å². The third kappa shape index (κ3) is 5.80. The monoisotopic (exact) mass is 419 g/mol. The Hall–Kier alpha value is -2.87. The number of esters is 2. The molecule has 1 heterocycles. The molecule has 156 valence electrons. The largest absolute Gasteiger partial charge is 0.484 e. The average molecular weight is 419 g/mol. The molecule has 2 aromatic rings. The summed E-state index contributed by atoms with van der Waals surface area (Å²) in [7, 11) is 0. The van der Waals surface area contributed by atoms with Gasteiger partial charge < -0.3 is 19.5 Å². The molecule has 0 unspecified atom stereocenters. The van der Waals surface area contributed by atoms with Crippen LogP contribution in [0.1, 0.15) is 51.9 Å². The van der Waals surface area contributed by atoms with E-state index in [-0.39, 0.29) is 35.3 Å². The van der Waals surface area contributed by atoms with E-state index in [1.54, 1.807) is 32.9 Å². The molecule has 1 aromatic heterocycles. The van der Waals surface area contributed by atoms with Crippen LogP contribution in [0.2, 0.25) is 0 Å². The highest BCUT2D eigenvalue weighted by molar-refractivity contribution is 7.18. The van der Waals surface area contributed by atoms with Crippen LogP contribution in [0.5, 0.6) is 5.75 Å². The molecule has 8 heteroatoms. The molecule has 0 aliphatic carbocycles. The number of rotatable bonds is 9. The lowest BCUT2D eigenvalue weighted by molar-refractivity contribution is -0.118. The number of nitrogens with one attached hydrogen (secondary N) is 1. The Balaban J connectivity index is 2.16. The van der Waals surface area contributed by atoms with Crippen molar-refractivity contribution in [2.45, 2.75) is 34.1 Å². The maximum Gasteiger partial charge on any atom is 0.348 e. The number of hydrogen-bond acceptors (Lipinski definition) is 7. The Labute approximate surface area is 174 Å². The zero-order valence-corrected chi connectivity index (χ0v) is 17.8. The number of carbonyl (C=O) groups is 3. The minimum atomic E-state index is -0.608. The van der Waals surface area contributed by atoms with Gasteiger partial charge in [0.05, 0.1) is 18.8 Å². The summed E-state index contributed by atoms with van der Waals surface area (Å²) in [6, 6.07) is 7.45. The number of amides is 1. The van der Waals surface area contributed by atoms with Gasteiger partial charge in [-0.2, -0.15) is 0 Å². The molecule has 0 fully saturated rings. The number of anilines is 1. The zero-order valence-electron chi connectivity index (χ0n) is 17.0. The number of ether oxygens (including phenoxy) is 3. The van der Waals surface area contributed by atoms with Crippen molar-refractivity contribution < 1.29 is 28.6 Å². The van der Waals surface area contributed by atoms with Crippen molar-refractivity contribution in [3.8, 4) is 5.75 Å². The summed E-state index contributed by atoms with van der Waals surface area (Å²) in [5, 5.41) is 2.88. The summed E-state index contributed by atoms with van der Waals surface area (Å²) in [5.74, 6) is -1.04. The topological polar surface area (TPSA) is 90.9 Å². The van der Waals surface area contributed by atoms with Gasteiger partial charge in [0.2, 0.25) is 0 Å². The molecule has 7 nitrogen and oxygen atoms in total. The molecule has 0 spiro atoms. The maximum atomic E-state index is 12.4. The highest BCUT2D eigenvalue weighted by atomic mass is 32.1. The Morgan fingerprint density at radius 1 is 0.966 bits per heavy atom. The fraction of sp³-hybridized carbons (Fsp3) is 0.381. The normalized spacial score (nSPS) is 10.3. The number of carbonyl (C=O) groups excluding carboxylic acids is 3. The predicted molar refractivity (Wildman–Crippen MR) is 111 cm³/mol. The van der Waals surface area contributed by atoms with Crippen LogP contribution in [0.3, 0.4) is 0 Å². The van der Waals surface area contributed by atoms with E-state index >= 15 is 0 Å². The highest BCUT2D eigenvalue weighted by Gasteiger charge is 2.27. The summed E-state index contributed by atoms with van der Waals surface area (Å²) in [5.41, 5.74) is 1.74. The third-order valence-electron chi connectivity index (χ3n) is 4.04. The van der Waals surface area contributed by atoms with Gasteiger partial charge in [0.15, 0.2) is 6.61 Å². The second-order valence-electron chi connectivity index (χ2n) is 6.04. The van der Waals surface area contributed by atoms with Gasteiger partial charge in [-0.1, -0.05) is 19.1 Å². The minimum Gasteiger partial charge on any atom is -0.484 e. The molecule has 0 bridgehead atoms. The first kappa shape index (κ1) is 22.4. The van der Waals surface area contributed by atoms with E-state index in [1.165, 1.54) is 5.56 Å². The molecule has 0 radical (unpaired) electrons. The van der Waals surface area contributed by atoms with Gasteiger partial charge in [0.25, 0.3) is 5.91 Å². The lowest BCUT2D eigenvalue weighted by Gasteiger charge is -2.09. The molecule has 1 aromatic carbocycles. The Morgan fingerprint density at radius 2 is 1.59 bits per heavy atom. The fourth-order valence-corrected chi connectivity index (χ4v) is 3.68. The standard InChI is InChI=1S/C21H25NO6S/c1-5-14-8-10-15(11-9-14)28-12-16(23)22-19-17(20(24)26-6-2)13(4)18(29-19)21(25)27-7-3/h8-11H,5-7,12H2,1-4H3,(H,22,23). The van der Waals surface area contributed by atoms with Gasteiger partial charge in [-0.3, -0.25) is 4.79 Å². The van der Waals surface area contributed by atoms with Crippen LogP contribution in [-0.4, -0.2) is 37.7 Å². The molecule has 0 atom stereocenters. The Bertz CT molecular complexity index is 872. The first-order valence-electron chi connectivity index (χ1n) is 9.40. The predicted octanol–water partition coefficient (Wildman–Crippen LogP) is 3.99. The van der Waals surface area contributed by atoms with Crippen LogP contribution >= 0.6 is 11.3 Å². The van der Waals surface area contributed by atoms with Gasteiger partial charge in [-0.25, -0.2) is 9.59 Å². The molecule has 0 saturated carbocycles. The third-order valence-corrected chi connectivity index (χ3v) is 5.23. The van der Waals surface area contributed by atoms with E-state index in [0.717, 1.165) is 17.8 Å². The van der Waals surface area contributed by atoms with Crippen molar-refractivity contribution >= 4 is 34.2 Å². The number of benzene rings is 1. The van der Waals surface area contributed by atoms with Crippen molar-refractivity contribution in [2.24, 2.45) is 0 Å². The smallest absolute Gasteiger partial charge is 0.348 e.